The zero-order valence-electron chi connectivity index (χ0n) is 17.0. The number of carboxylic acid groups (broad SMARTS) is 1. The summed E-state index contributed by atoms with van der Waals surface area (Å²) in [5.74, 6) is 1.22. The molecule has 0 radical (unpaired) electrons. The molecule has 0 amide bonds. The Balaban J connectivity index is 1.77. The maximum Gasteiger partial charge on any atom is 0.341 e. The Morgan fingerprint density at radius 2 is 1.63 bits per heavy atom. The lowest BCUT2D eigenvalue weighted by Gasteiger charge is -2.11. The fourth-order valence-corrected chi connectivity index (χ4v) is 3.90. The number of aliphatic carboxylic acids is 1. The average molecular weight is 421 g/mol. The van der Waals surface area contributed by atoms with Gasteiger partial charge in [-0.25, -0.2) is 4.79 Å². The molecule has 3 aromatic carbocycles. The molecular formula is C25H24O4S. The van der Waals surface area contributed by atoms with Crippen LogP contribution in [0, 0.1) is 6.92 Å². The highest BCUT2D eigenvalue weighted by Crippen LogP contribution is 2.29. The molecule has 154 valence electrons. The largest absolute Gasteiger partial charge is 0.497 e. The van der Waals surface area contributed by atoms with Crippen LogP contribution in [-0.2, 0) is 4.79 Å². The van der Waals surface area contributed by atoms with Crippen LogP contribution < -0.4 is 9.47 Å². The van der Waals surface area contributed by atoms with Gasteiger partial charge in [-0.3, -0.25) is 0 Å². The van der Waals surface area contributed by atoms with Crippen molar-refractivity contribution in [2.45, 2.75) is 11.8 Å². The molecule has 3 aromatic rings. The minimum absolute atomic E-state index is 0.336. The van der Waals surface area contributed by atoms with E-state index in [1.54, 1.807) is 18.9 Å². The predicted octanol–water partition coefficient (Wildman–Crippen LogP) is 5.69. The minimum Gasteiger partial charge on any atom is -0.497 e. The van der Waals surface area contributed by atoms with Gasteiger partial charge in [-0.1, -0.05) is 48.5 Å². The Labute approximate surface area is 181 Å². The summed E-state index contributed by atoms with van der Waals surface area (Å²) in [6.45, 7) is 1.66. The summed E-state index contributed by atoms with van der Waals surface area (Å²) in [5.41, 5.74) is 4.53. The van der Waals surface area contributed by atoms with E-state index in [2.05, 4.69) is 30.3 Å². The SMILES string of the molecule is COc1ccc(/C(=C\CSc2ccc(OCC(=O)O)cc2C)c2ccccc2)cc1. The first-order valence-electron chi connectivity index (χ1n) is 9.55. The molecule has 0 atom stereocenters. The van der Waals surface area contributed by atoms with Gasteiger partial charge in [0.05, 0.1) is 7.11 Å². The van der Waals surface area contributed by atoms with Crippen LogP contribution >= 0.6 is 11.8 Å². The van der Waals surface area contributed by atoms with E-state index in [-0.39, 0.29) is 6.61 Å². The van der Waals surface area contributed by atoms with Crippen LogP contribution in [0.15, 0.2) is 83.8 Å². The molecule has 0 bridgehead atoms. The lowest BCUT2D eigenvalue weighted by molar-refractivity contribution is -0.139. The van der Waals surface area contributed by atoms with Crippen LogP contribution in [0.5, 0.6) is 11.5 Å². The predicted molar refractivity (Wildman–Crippen MR) is 122 cm³/mol. The molecule has 4 nitrogen and oxygen atoms in total. The van der Waals surface area contributed by atoms with Crippen molar-refractivity contribution in [3.8, 4) is 11.5 Å². The van der Waals surface area contributed by atoms with Gasteiger partial charge >= 0.3 is 5.97 Å². The Morgan fingerprint density at radius 3 is 2.27 bits per heavy atom. The maximum atomic E-state index is 10.7. The molecule has 0 aliphatic carbocycles. The number of methoxy groups -OCH3 is 1. The van der Waals surface area contributed by atoms with Crippen LogP contribution in [0.2, 0.25) is 0 Å². The minimum atomic E-state index is -0.983. The van der Waals surface area contributed by atoms with Crippen LogP contribution in [-0.4, -0.2) is 30.5 Å². The van der Waals surface area contributed by atoms with Gasteiger partial charge in [0.25, 0.3) is 0 Å². The van der Waals surface area contributed by atoms with Gasteiger partial charge in [0, 0.05) is 10.6 Å². The van der Waals surface area contributed by atoms with E-state index in [0.29, 0.717) is 5.75 Å². The van der Waals surface area contributed by atoms with Gasteiger partial charge in [0.1, 0.15) is 11.5 Å². The van der Waals surface area contributed by atoms with Gasteiger partial charge < -0.3 is 14.6 Å². The molecular weight excluding hydrogens is 396 g/mol. The molecule has 5 heteroatoms. The summed E-state index contributed by atoms with van der Waals surface area (Å²) < 4.78 is 10.5. The lowest BCUT2D eigenvalue weighted by Crippen LogP contribution is -2.09. The van der Waals surface area contributed by atoms with Crippen LogP contribution in [0.1, 0.15) is 16.7 Å². The van der Waals surface area contributed by atoms with Crippen molar-refractivity contribution in [2.75, 3.05) is 19.5 Å². The Morgan fingerprint density at radius 1 is 0.967 bits per heavy atom. The zero-order valence-corrected chi connectivity index (χ0v) is 17.8. The second-order valence-corrected chi connectivity index (χ2v) is 7.69. The number of hydrogen-bond acceptors (Lipinski definition) is 4. The van der Waals surface area contributed by atoms with Crippen LogP contribution in [0.25, 0.3) is 5.57 Å². The molecule has 0 unspecified atom stereocenters. The van der Waals surface area contributed by atoms with E-state index in [0.717, 1.165) is 33.1 Å². The maximum absolute atomic E-state index is 10.7. The summed E-state index contributed by atoms with van der Waals surface area (Å²) in [6, 6.07) is 24.1. The van der Waals surface area contributed by atoms with E-state index in [1.807, 2.05) is 55.5 Å². The monoisotopic (exact) mass is 420 g/mol. The number of hydrogen-bond donors (Lipinski definition) is 1. The van der Waals surface area contributed by atoms with E-state index < -0.39 is 5.97 Å². The quantitative estimate of drug-likeness (QED) is 0.451. The fourth-order valence-electron chi connectivity index (χ4n) is 3.02. The molecule has 30 heavy (non-hydrogen) atoms. The molecule has 0 fully saturated rings. The molecule has 0 spiro atoms. The number of benzene rings is 3. The number of ether oxygens (including phenoxy) is 2. The van der Waals surface area contributed by atoms with Gasteiger partial charge in [0.2, 0.25) is 0 Å². The van der Waals surface area contributed by atoms with Crippen molar-refractivity contribution in [3.63, 3.8) is 0 Å². The molecule has 0 aliphatic heterocycles. The molecule has 3 rings (SSSR count). The van der Waals surface area contributed by atoms with Gasteiger partial charge in [-0.2, -0.15) is 0 Å². The second-order valence-electron chi connectivity index (χ2n) is 6.63. The third kappa shape index (κ3) is 5.91. The Hall–Kier alpha value is -3.18. The molecule has 0 aliphatic rings. The van der Waals surface area contributed by atoms with Gasteiger partial charge in [-0.05, 0) is 59.5 Å². The number of aryl methyl sites for hydroxylation is 1. The highest BCUT2D eigenvalue weighted by Gasteiger charge is 2.07. The van der Waals surface area contributed by atoms with Crippen molar-refractivity contribution in [3.05, 3.63) is 95.6 Å². The molecule has 0 saturated heterocycles. The highest BCUT2D eigenvalue weighted by atomic mass is 32.2. The van der Waals surface area contributed by atoms with Crippen LogP contribution in [0.3, 0.4) is 0 Å². The standard InChI is InChI=1S/C25H24O4S/c1-18-16-22(29-17-25(26)27)12-13-24(18)30-15-14-23(19-6-4-3-5-7-19)20-8-10-21(28-2)11-9-20/h3-14,16H,15,17H2,1-2H3,(H,26,27)/b23-14-. The number of rotatable bonds is 9. The molecule has 0 saturated carbocycles. The van der Waals surface area contributed by atoms with Crippen molar-refractivity contribution in [2.24, 2.45) is 0 Å². The van der Waals surface area contributed by atoms with Crippen LogP contribution in [0.4, 0.5) is 0 Å². The summed E-state index contributed by atoms with van der Waals surface area (Å²) in [7, 11) is 1.67. The smallest absolute Gasteiger partial charge is 0.341 e. The first-order chi connectivity index (χ1) is 14.6. The zero-order chi connectivity index (χ0) is 21.3. The third-order valence-electron chi connectivity index (χ3n) is 4.52. The van der Waals surface area contributed by atoms with Crippen molar-refractivity contribution in [1.82, 2.24) is 0 Å². The summed E-state index contributed by atoms with van der Waals surface area (Å²) >= 11 is 1.73. The first-order valence-corrected chi connectivity index (χ1v) is 10.5. The van der Waals surface area contributed by atoms with Gasteiger partial charge in [0.15, 0.2) is 6.61 Å². The summed E-state index contributed by atoms with van der Waals surface area (Å²) in [5, 5.41) is 8.74. The van der Waals surface area contributed by atoms with E-state index in [1.165, 1.54) is 5.57 Å². The molecule has 1 N–H and O–H groups in total. The van der Waals surface area contributed by atoms with E-state index in [4.69, 9.17) is 14.6 Å². The van der Waals surface area contributed by atoms with Gasteiger partial charge in [-0.15, -0.1) is 11.8 Å². The highest BCUT2D eigenvalue weighted by molar-refractivity contribution is 7.99. The number of thioether (sulfide) groups is 1. The Bertz CT molecular complexity index is 1010. The second kappa shape index (κ2) is 10.6. The van der Waals surface area contributed by atoms with Crippen molar-refractivity contribution >= 4 is 23.3 Å². The van der Waals surface area contributed by atoms with Crippen molar-refractivity contribution < 1.29 is 19.4 Å². The van der Waals surface area contributed by atoms with Crippen molar-refractivity contribution in [1.29, 1.82) is 0 Å². The first kappa shape index (κ1) is 21.5. The fraction of sp³-hybridized carbons (Fsp3) is 0.160. The average Bonchev–Trinajstić information content (AvgIpc) is 2.77. The molecule has 0 aromatic heterocycles. The lowest BCUT2D eigenvalue weighted by atomic mass is 9.98. The number of carboxylic acids is 1. The van der Waals surface area contributed by atoms with E-state index >= 15 is 0 Å². The number of carbonyl (C=O) groups is 1. The molecule has 0 heterocycles. The third-order valence-corrected chi connectivity index (χ3v) is 5.62. The Kier molecular flexibility index (Phi) is 7.57. The normalized spacial score (nSPS) is 11.2. The topological polar surface area (TPSA) is 55.8 Å². The van der Waals surface area contributed by atoms with E-state index in [9.17, 15) is 4.79 Å². The summed E-state index contributed by atoms with van der Waals surface area (Å²) in [4.78, 5) is 11.8. The summed E-state index contributed by atoms with van der Waals surface area (Å²) in [6.07, 6.45) is 2.23.